The van der Waals surface area contributed by atoms with Crippen molar-refractivity contribution in [2.45, 2.75) is 33.6 Å². The highest BCUT2D eigenvalue weighted by Crippen LogP contribution is 2.30. The number of benzene rings is 2. The van der Waals surface area contributed by atoms with Crippen molar-refractivity contribution in [3.8, 4) is 5.75 Å². The zero-order valence-corrected chi connectivity index (χ0v) is 18.6. The van der Waals surface area contributed by atoms with Crippen molar-refractivity contribution in [1.82, 2.24) is 9.97 Å². The number of anilines is 1. The van der Waals surface area contributed by atoms with Gasteiger partial charge in [-0.15, -0.1) is 0 Å². The molecule has 0 aliphatic carbocycles. The van der Waals surface area contributed by atoms with Gasteiger partial charge >= 0.3 is 5.97 Å². The average Bonchev–Trinajstić information content (AvgIpc) is 2.77. The summed E-state index contributed by atoms with van der Waals surface area (Å²) in [5.41, 5.74) is 12.6. The van der Waals surface area contributed by atoms with E-state index in [9.17, 15) is 4.79 Å². The van der Waals surface area contributed by atoms with E-state index < -0.39 is 0 Å². The Bertz CT molecular complexity index is 1300. The van der Waals surface area contributed by atoms with Crippen LogP contribution < -0.4 is 10.5 Å². The smallest absolute Gasteiger partial charge is 0.344 e. The van der Waals surface area contributed by atoms with Gasteiger partial charge in [0, 0.05) is 17.0 Å². The predicted octanol–water partition coefficient (Wildman–Crippen LogP) is 4.71. The molecular weight excluding hydrogens is 402 g/mol. The molecule has 2 aromatic heterocycles. The highest BCUT2D eigenvalue weighted by atomic mass is 16.6. The van der Waals surface area contributed by atoms with Crippen LogP contribution in [0.1, 0.15) is 29.2 Å². The Hall–Kier alpha value is -3.67. The molecule has 6 nitrogen and oxygen atoms in total. The molecule has 0 amide bonds. The number of aryl methyl sites for hydroxylation is 4. The fourth-order valence-electron chi connectivity index (χ4n) is 3.99. The third-order valence-electron chi connectivity index (χ3n) is 5.58. The van der Waals surface area contributed by atoms with Crippen molar-refractivity contribution < 1.29 is 14.3 Å². The number of rotatable bonds is 7. The van der Waals surface area contributed by atoms with Crippen LogP contribution in [0.4, 0.5) is 5.82 Å². The van der Waals surface area contributed by atoms with Gasteiger partial charge in [0.05, 0.1) is 12.1 Å². The Morgan fingerprint density at radius 1 is 1.03 bits per heavy atom. The minimum Gasteiger partial charge on any atom is -0.482 e. The first-order chi connectivity index (χ1) is 15.5. The number of carbonyl (C=O) groups is 1. The van der Waals surface area contributed by atoms with Gasteiger partial charge in [-0.2, -0.15) is 0 Å². The molecule has 4 rings (SSSR count). The summed E-state index contributed by atoms with van der Waals surface area (Å²) in [4.78, 5) is 20.6. The lowest BCUT2D eigenvalue weighted by atomic mass is 9.96. The summed E-state index contributed by atoms with van der Waals surface area (Å²) >= 11 is 0. The third-order valence-corrected chi connectivity index (χ3v) is 5.58. The zero-order valence-electron chi connectivity index (χ0n) is 18.6. The van der Waals surface area contributed by atoms with Crippen molar-refractivity contribution in [3.05, 3.63) is 70.9 Å². The monoisotopic (exact) mass is 429 g/mol. The second-order valence-corrected chi connectivity index (χ2v) is 7.89. The lowest BCUT2D eigenvalue weighted by Gasteiger charge is -2.13. The number of nitrogen functional groups attached to an aromatic ring is 1. The second-order valence-electron chi connectivity index (χ2n) is 7.89. The van der Waals surface area contributed by atoms with E-state index in [-0.39, 0.29) is 12.6 Å². The van der Waals surface area contributed by atoms with Crippen molar-refractivity contribution in [2.24, 2.45) is 0 Å². The summed E-state index contributed by atoms with van der Waals surface area (Å²) in [6.45, 7) is 6.14. The molecule has 164 valence electrons. The highest BCUT2D eigenvalue weighted by Gasteiger charge is 2.12. The number of nitrogens with two attached hydrogens (primary N) is 1. The summed E-state index contributed by atoms with van der Waals surface area (Å²) in [6.07, 6.45) is 3.50. The first-order valence-electron chi connectivity index (χ1n) is 10.8. The number of aromatic nitrogens is 2. The predicted molar refractivity (Wildman–Crippen MR) is 127 cm³/mol. The summed E-state index contributed by atoms with van der Waals surface area (Å²) in [7, 11) is 0. The summed E-state index contributed by atoms with van der Waals surface area (Å²) in [6, 6.07) is 14.2. The number of hydrogen-bond acceptors (Lipinski definition) is 6. The van der Waals surface area contributed by atoms with Crippen LogP contribution in [0.2, 0.25) is 0 Å². The number of ether oxygens (including phenoxy) is 2. The molecule has 2 heterocycles. The molecular formula is C26H27N3O3. The van der Waals surface area contributed by atoms with Gasteiger partial charge in [0.15, 0.2) is 12.4 Å². The van der Waals surface area contributed by atoms with E-state index in [0.29, 0.717) is 18.2 Å². The maximum Gasteiger partial charge on any atom is 0.344 e. The van der Waals surface area contributed by atoms with E-state index in [4.69, 9.17) is 15.2 Å². The molecule has 2 aromatic carbocycles. The maximum absolute atomic E-state index is 11.5. The SMILES string of the molecule is CCOC(=O)COc1ccc(CCc2ccnc3c(N)nc4cc(C)ccc4c23)c(C)c1. The Morgan fingerprint density at radius 2 is 1.84 bits per heavy atom. The Labute approximate surface area is 187 Å². The molecule has 32 heavy (non-hydrogen) atoms. The summed E-state index contributed by atoms with van der Waals surface area (Å²) in [5, 5.41) is 2.14. The van der Waals surface area contributed by atoms with Crippen molar-refractivity contribution in [3.63, 3.8) is 0 Å². The quantitative estimate of drug-likeness (QED) is 0.338. The number of esters is 1. The first-order valence-corrected chi connectivity index (χ1v) is 10.8. The van der Waals surface area contributed by atoms with Crippen LogP contribution in [0.5, 0.6) is 5.75 Å². The molecule has 2 N–H and O–H groups in total. The van der Waals surface area contributed by atoms with E-state index in [1.807, 2.05) is 12.1 Å². The molecule has 0 bridgehead atoms. The molecule has 0 saturated carbocycles. The lowest BCUT2D eigenvalue weighted by molar-refractivity contribution is -0.145. The van der Waals surface area contributed by atoms with Gasteiger partial charge in [-0.25, -0.2) is 9.78 Å². The van der Waals surface area contributed by atoms with Gasteiger partial charge in [-0.1, -0.05) is 18.2 Å². The molecule has 6 heteroatoms. The van der Waals surface area contributed by atoms with E-state index in [0.717, 1.165) is 45.8 Å². The molecule has 0 fully saturated rings. The van der Waals surface area contributed by atoms with Crippen molar-refractivity contribution >= 4 is 33.6 Å². The Kier molecular flexibility index (Phi) is 6.21. The first kappa shape index (κ1) is 21.6. The van der Waals surface area contributed by atoms with Gasteiger partial charge in [0.1, 0.15) is 11.3 Å². The highest BCUT2D eigenvalue weighted by molar-refractivity contribution is 6.09. The molecule has 0 atom stereocenters. The Balaban J connectivity index is 1.58. The van der Waals surface area contributed by atoms with Gasteiger partial charge < -0.3 is 15.2 Å². The average molecular weight is 430 g/mol. The van der Waals surface area contributed by atoms with E-state index in [1.165, 1.54) is 11.1 Å². The van der Waals surface area contributed by atoms with Crippen LogP contribution in [0, 0.1) is 13.8 Å². The van der Waals surface area contributed by atoms with E-state index in [2.05, 4.69) is 54.1 Å². The maximum atomic E-state index is 11.5. The number of fused-ring (bicyclic) bond motifs is 3. The lowest BCUT2D eigenvalue weighted by Crippen LogP contribution is -2.14. The minimum atomic E-state index is -0.366. The standard InChI is InChI=1S/C26H27N3O3/c1-4-31-23(30)15-32-20-9-8-18(17(3)14-20)6-7-19-11-12-28-25-24(19)21-10-5-16(2)13-22(21)29-26(25)27/h5,8-14H,4,6-7,15H2,1-3H3,(H2,27,29). The van der Waals surface area contributed by atoms with Gasteiger partial charge in [0.25, 0.3) is 0 Å². The van der Waals surface area contributed by atoms with Gasteiger partial charge in [-0.3, -0.25) is 4.98 Å². The van der Waals surface area contributed by atoms with Crippen molar-refractivity contribution in [1.29, 1.82) is 0 Å². The number of nitrogens with zero attached hydrogens (tertiary/aromatic N) is 2. The third kappa shape index (κ3) is 4.49. The van der Waals surface area contributed by atoms with Crippen LogP contribution >= 0.6 is 0 Å². The molecule has 0 unspecified atom stereocenters. The number of pyridine rings is 2. The van der Waals surface area contributed by atoms with Crippen LogP contribution in [-0.4, -0.2) is 29.2 Å². The normalized spacial score (nSPS) is 11.1. The Morgan fingerprint density at radius 3 is 2.62 bits per heavy atom. The molecule has 0 saturated heterocycles. The molecule has 0 spiro atoms. The molecule has 0 aliphatic heterocycles. The fourth-order valence-corrected chi connectivity index (χ4v) is 3.99. The summed E-state index contributed by atoms with van der Waals surface area (Å²) in [5.74, 6) is 0.753. The van der Waals surface area contributed by atoms with Gasteiger partial charge in [-0.05, 0) is 80.1 Å². The van der Waals surface area contributed by atoms with Crippen LogP contribution in [0.25, 0.3) is 21.8 Å². The zero-order chi connectivity index (χ0) is 22.7. The van der Waals surface area contributed by atoms with Crippen LogP contribution in [0.3, 0.4) is 0 Å². The molecule has 4 aromatic rings. The minimum absolute atomic E-state index is 0.0857. The van der Waals surface area contributed by atoms with Crippen LogP contribution in [-0.2, 0) is 22.4 Å². The molecule has 0 aliphatic rings. The van der Waals surface area contributed by atoms with Gasteiger partial charge in [0.2, 0.25) is 0 Å². The van der Waals surface area contributed by atoms with Crippen LogP contribution in [0.15, 0.2) is 48.7 Å². The fraction of sp³-hybridized carbons (Fsp3) is 0.269. The number of hydrogen-bond donors (Lipinski definition) is 1. The number of carbonyl (C=O) groups excluding carboxylic acids is 1. The largest absolute Gasteiger partial charge is 0.482 e. The topological polar surface area (TPSA) is 87.3 Å². The van der Waals surface area contributed by atoms with E-state index in [1.54, 1.807) is 13.1 Å². The second kappa shape index (κ2) is 9.22. The van der Waals surface area contributed by atoms with E-state index >= 15 is 0 Å². The van der Waals surface area contributed by atoms with Crippen molar-refractivity contribution in [2.75, 3.05) is 18.9 Å². The molecule has 0 radical (unpaired) electrons. The summed E-state index contributed by atoms with van der Waals surface area (Å²) < 4.78 is 10.4.